The molecule has 1 rings (SSSR count). The lowest BCUT2D eigenvalue weighted by molar-refractivity contribution is -0.123. The van der Waals surface area contributed by atoms with Crippen LogP contribution in [0.2, 0.25) is 0 Å². The molecule has 0 saturated heterocycles. The standard InChI is InChI=1S/C11H22N2O/c1-10(2,12)7-9(14)13-11(3,4)8-5-6-8/h8H,5-7,12H2,1-4H3,(H,13,14). The lowest BCUT2D eigenvalue weighted by Gasteiger charge is -2.28. The molecule has 0 unspecified atom stereocenters. The van der Waals surface area contributed by atoms with Gasteiger partial charge in [0.2, 0.25) is 5.91 Å². The summed E-state index contributed by atoms with van der Waals surface area (Å²) < 4.78 is 0. The van der Waals surface area contributed by atoms with Crippen molar-refractivity contribution in [1.29, 1.82) is 0 Å². The van der Waals surface area contributed by atoms with Crippen LogP contribution in [-0.2, 0) is 4.79 Å². The number of rotatable bonds is 4. The Morgan fingerprint density at radius 2 is 1.86 bits per heavy atom. The van der Waals surface area contributed by atoms with Gasteiger partial charge in [0.05, 0.1) is 0 Å². The second-order valence-electron chi connectivity index (χ2n) is 5.71. The molecule has 0 aromatic carbocycles. The monoisotopic (exact) mass is 198 g/mol. The third kappa shape index (κ3) is 3.66. The van der Waals surface area contributed by atoms with Crippen LogP contribution in [0.15, 0.2) is 0 Å². The minimum Gasteiger partial charge on any atom is -0.351 e. The number of nitrogens with one attached hydrogen (secondary N) is 1. The Labute approximate surface area is 86.4 Å². The fourth-order valence-electron chi connectivity index (χ4n) is 1.72. The third-order valence-electron chi connectivity index (χ3n) is 2.68. The molecule has 0 radical (unpaired) electrons. The van der Waals surface area contributed by atoms with Gasteiger partial charge in [0.15, 0.2) is 0 Å². The van der Waals surface area contributed by atoms with E-state index in [0.717, 1.165) is 0 Å². The first-order chi connectivity index (χ1) is 6.21. The van der Waals surface area contributed by atoms with E-state index in [1.165, 1.54) is 12.8 Å². The van der Waals surface area contributed by atoms with Crippen LogP contribution < -0.4 is 11.1 Å². The maximum Gasteiger partial charge on any atom is 0.222 e. The summed E-state index contributed by atoms with van der Waals surface area (Å²) in [5.74, 6) is 0.724. The van der Waals surface area contributed by atoms with E-state index in [2.05, 4.69) is 19.2 Å². The van der Waals surface area contributed by atoms with Crippen molar-refractivity contribution in [3.8, 4) is 0 Å². The van der Waals surface area contributed by atoms with E-state index in [4.69, 9.17) is 5.73 Å². The Bertz CT molecular complexity index is 224. The fraction of sp³-hybridized carbons (Fsp3) is 0.909. The summed E-state index contributed by atoms with van der Waals surface area (Å²) >= 11 is 0. The minimum absolute atomic E-state index is 0.0532. The van der Waals surface area contributed by atoms with Crippen molar-refractivity contribution in [3.05, 3.63) is 0 Å². The summed E-state index contributed by atoms with van der Waals surface area (Å²) in [6.07, 6.45) is 2.86. The first-order valence-corrected chi connectivity index (χ1v) is 5.31. The Hall–Kier alpha value is -0.570. The molecule has 0 aromatic rings. The average molecular weight is 198 g/mol. The van der Waals surface area contributed by atoms with Crippen molar-refractivity contribution in [2.24, 2.45) is 11.7 Å². The first-order valence-electron chi connectivity index (χ1n) is 5.31. The van der Waals surface area contributed by atoms with Gasteiger partial charge in [0.1, 0.15) is 0 Å². The van der Waals surface area contributed by atoms with Gasteiger partial charge in [-0.1, -0.05) is 0 Å². The van der Waals surface area contributed by atoms with Crippen molar-refractivity contribution in [2.45, 2.75) is 58.0 Å². The lowest BCUT2D eigenvalue weighted by atomic mass is 9.96. The van der Waals surface area contributed by atoms with Gasteiger partial charge in [-0.25, -0.2) is 0 Å². The molecule has 14 heavy (non-hydrogen) atoms. The topological polar surface area (TPSA) is 55.1 Å². The van der Waals surface area contributed by atoms with Gasteiger partial charge in [-0.15, -0.1) is 0 Å². The molecule has 1 fully saturated rings. The number of nitrogens with two attached hydrogens (primary N) is 1. The van der Waals surface area contributed by atoms with Gasteiger partial charge >= 0.3 is 0 Å². The van der Waals surface area contributed by atoms with Crippen molar-refractivity contribution in [2.75, 3.05) is 0 Å². The van der Waals surface area contributed by atoms with Crippen LogP contribution >= 0.6 is 0 Å². The highest BCUT2D eigenvalue weighted by Crippen LogP contribution is 2.39. The highest BCUT2D eigenvalue weighted by Gasteiger charge is 2.38. The number of amides is 1. The Morgan fingerprint density at radius 3 is 2.21 bits per heavy atom. The Balaban J connectivity index is 2.40. The molecule has 3 nitrogen and oxygen atoms in total. The zero-order valence-corrected chi connectivity index (χ0v) is 9.68. The zero-order valence-electron chi connectivity index (χ0n) is 9.68. The molecule has 1 aliphatic carbocycles. The molecule has 82 valence electrons. The van der Waals surface area contributed by atoms with E-state index in [1.807, 2.05) is 13.8 Å². The fourth-order valence-corrected chi connectivity index (χ4v) is 1.72. The van der Waals surface area contributed by atoms with Crippen LogP contribution in [0.4, 0.5) is 0 Å². The minimum atomic E-state index is -0.413. The highest BCUT2D eigenvalue weighted by molar-refractivity contribution is 5.77. The second kappa shape index (κ2) is 3.54. The van der Waals surface area contributed by atoms with Crippen molar-refractivity contribution < 1.29 is 4.79 Å². The van der Waals surface area contributed by atoms with E-state index in [9.17, 15) is 4.79 Å². The maximum atomic E-state index is 11.6. The van der Waals surface area contributed by atoms with E-state index >= 15 is 0 Å². The molecule has 3 heteroatoms. The molecule has 1 aliphatic rings. The van der Waals surface area contributed by atoms with Gasteiger partial charge < -0.3 is 11.1 Å². The number of hydrogen-bond acceptors (Lipinski definition) is 2. The first kappa shape index (κ1) is 11.5. The molecule has 0 aromatic heterocycles. The van der Waals surface area contributed by atoms with Crippen molar-refractivity contribution >= 4 is 5.91 Å². The molecule has 0 bridgehead atoms. The van der Waals surface area contributed by atoms with Gasteiger partial charge in [-0.3, -0.25) is 4.79 Å². The average Bonchev–Trinajstić information content (AvgIpc) is 2.57. The molecule has 0 atom stereocenters. The largest absolute Gasteiger partial charge is 0.351 e. The SMILES string of the molecule is CC(C)(N)CC(=O)NC(C)(C)C1CC1. The van der Waals surface area contributed by atoms with Gasteiger partial charge in [0, 0.05) is 17.5 Å². The number of hydrogen-bond donors (Lipinski definition) is 2. The quantitative estimate of drug-likeness (QED) is 0.717. The van der Waals surface area contributed by atoms with E-state index in [-0.39, 0.29) is 11.4 Å². The lowest BCUT2D eigenvalue weighted by Crippen LogP contribution is -2.48. The summed E-state index contributed by atoms with van der Waals surface area (Å²) in [7, 11) is 0. The van der Waals surface area contributed by atoms with Crippen molar-refractivity contribution in [3.63, 3.8) is 0 Å². The summed E-state index contributed by atoms with van der Waals surface area (Å²) in [5.41, 5.74) is 5.32. The highest BCUT2D eigenvalue weighted by atomic mass is 16.1. The van der Waals surface area contributed by atoms with E-state index in [1.54, 1.807) is 0 Å². The van der Waals surface area contributed by atoms with Crippen LogP contribution in [0.3, 0.4) is 0 Å². The van der Waals surface area contributed by atoms with Gasteiger partial charge in [-0.05, 0) is 46.5 Å². The molecule has 1 amide bonds. The predicted octanol–water partition coefficient (Wildman–Crippen LogP) is 1.42. The third-order valence-corrected chi connectivity index (χ3v) is 2.68. The Kier molecular flexibility index (Phi) is 2.91. The van der Waals surface area contributed by atoms with E-state index < -0.39 is 5.54 Å². The van der Waals surface area contributed by atoms with Crippen LogP contribution in [0.1, 0.15) is 47.0 Å². The van der Waals surface area contributed by atoms with E-state index in [0.29, 0.717) is 12.3 Å². The maximum absolute atomic E-state index is 11.6. The second-order valence-corrected chi connectivity index (χ2v) is 5.71. The summed E-state index contributed by atoms with van der Waals surface area (Å²) in [6, 6.07) is 0. The summed E-state index contributed by atoms with van der Waals surface area (Å²) in [4.78, 5) is 11.6. The number of carbonyl (C=O) groups is 1. The molecular formula is C11H22N2O. The molecule has 0 aliphatic heterocycles. The number of carbonyl (C=O) groups excluding carboxylic acids is 1. The van der Waals surface area contributed by atoms with Crippen molar-refractivity contribution in [1.82, 2.24) is 5.32 Å². The van der Waals surface area contributed by atoms with Crippen LogP contribution in [-0.4, -0.2) is 17.0 Å². The molecule has 3 N–H and O–H groups in total. The zero-order chi connectivity index (χ0) is 11.0. The predicted molar refractivity (Wildman–Crippen MR) is 57.8 cm³/mol. The van der Waals surface area contributed by atoms with Crippen LogP contribution in [0.25, 0.3) is 0 Å². The normalized spacial score (nSPS) is 18.1. The summed E-state index contributed by atoms with van der Waals surface area (Å²) in [5, 5.41) is 3.06. The molecular weight excluding hydrogens is 176 g/mol. The van der Waals surface area contributed by atoms with Gasteiger partial charge in [-0.2, -0.15) is 0 Å². The van der Waals surface area contributed by atoms with Gasteiger partial charge in [0.25, 0.3) is 0 Å². The van der Waals surface area contributed by atoms with Crippen LogP contribution in [0, 0.1) is 5.92 Å². The summed E-state index contributed by atoms with van der Waals surface area (Å²) in [6.45, 7) is 7.92. The molecule has 1 saturated carbocycles. The van der Waals surface area contributed by atoms with Crippen LogP contribution in [0.5, 0.6) is 0 Å². The smallest absolute Gasteiger partial charge is 0.222 e. The molecule has 0 spiro atoms. The Morgan fingerprint density at radius 1 is 1.36 bits per heavy atom. The molecule has 0 heterocycles.